The lowest BCUT2D eigenvalue weighted by Crippen LogP contribution is -2.58. The molecule has 3 aliphatic heterocycles. The summed E-state index contributed by atoms with van der Waals surface area (Å²) in [6, 6.07) is 17.0. The molecule has 2 aromatic rings. The minimum absolute atomic E-state index is 0.0693. The summed E-state index contributed by atoms with van der Waals surface area (Å²) in [5.74, 6) is 0.0693. The largest absolute Gasteiger partial charge is 0.378 e. The molecule has 29 heavy (non-hydrogen) atoms. The smallest absolute Gasteiger partial charge is 0.241 e. The molecule has 1 atom stereocenters. The molecule has 0 unspecified atom stereocenters. The van der Waals surface area contributed by atoms with Crippen molar-refractivity contribution in [1.29, 1.82) is 0 Å². The fourth-order valence-electron chi connectivity index (χ4n) is 4.97. The van der Waals surface area contributed by atoms with Crippen LogP contribution in [0.5, 0.6) is 0 Å². The molecule has 0 radical (unpaired) electrons. The van der Waals surface area contributed by atoms with Crippen LogP contribution in [-0.4, -0.2) is 44.4 Å². The van der Waals surface area contributed by atoms with E-state index in [0.29, 0.717) is 6.54 Å². The molecule has 2 saturated heterocycles. The molecule has 3 heterocycles. The van der Waals surface area contributed by atoms with E-state index in [4.69, 9.17) is 4.74 Å². The molecule has 3 aliphatic rings. The lowest BCUT2D eigenvalue weighted by atomic mass is 9.75. The van der Waals surface area contributed by atoms with Crippen molar-refractivity contribution in [2.45, 2.75) is 24.9 Å². The molecule has 0 spiro atoms. The number of morpholine rings is 1. The summed E-state index contributed by atoms with van der Waals surface area (Å²) in [6.45, 7) is 8.26. The molecular formula is C24H27N3O2. The molecule has 150 valence electrons. The summed E-state index contributed by atoms with van der Waals surface area (Å²) in [5.41, 5.74) is 3.99. The Morgan fingerprint density at radius 2 is 1.76 bits per heavy atom. The molecule has 2 aromatic carbocycles. The SMILES string of the molecule is CC1(C)c2ccccc2N2CC(=O)N[C@@]21C=Cc1ccc(N2CCOCC2)cc1. The fraction of sp³-hybridized carbons (Fsp3) is 0.375. The Hall–Kier alpha value is -2.79. The second kappa shape index (κ2) is 6.63. The monoisotopic (exact) mass is 389 g/mol. The number of hydrogen-bond acceptors (Lipinski definition) is 4. The van der Waals surface area contributed by atoms with Gasteiger partial charge in [0, 0.05) is 29.9 Å². The van der Waals surface area contributed by atoms with Crippen LogP contribution >= 0.6 is 0 Å². The van der Waals surface area contributed by atoms with Gasteiger partial charge < -0.3 is 19.9 Å². The maximum Gasteiger partial charge on any atom is 0.241 e. The zero-order valence-electron chi connectivity index (χ0n) is 17.0. The molecule has 0 aliphatic carbocycles. The Labute approximate surface area is 172 Å². The third-order valence-electron chi connectivity index (χ3n) is 6.66. The number of amides is 1. The maximum absolute atomic E-state index is 12.4. The number of nitrogens with one attached hydrogen (secondary N) is 1. The molecule has 0 aromatic heterocycles. The maximum atomic E-state index is 12.4. The molecule has 1 amide bonds. The number of fused-ring (bicyclic) bond motifs is 3. The Bertz CT molecular complexity index is 960. The van der Waals surface area contributed by atoms with Gasteiger partial charge in [-0.15, -0.1) is 0 Å². The zero-order chi connectivity index (χ0) is 20.1. The van der Waals surface area contributed by atoms with Gasteiger partial charge in [-0.2, -0.15) is 0 Å². The van der Waals surface area contributed by atoms with Crippen LogP contribution in [0.4, 0.5) is 11.4 Å². The van der Waals surface area contributed by atoms with Gasteiger partial charge in [-0.1, -0.05) is 50.3 Å². The van der Waals surface area contributed by atoms with Crippen LogP contribution in [0.1, 0.15) is 25.0 Å². The van der Waals surface area contributed by atoms with Gasteiger partial charge in [0.15, 0.2) is 0 Å². The van der Waals surface area contributed by atoms with Crippen molar-refractivity contribution in [3.05, 3.63) is 65.7 Å². The molecular weight excluding hydrogens is 362 g/mol. The Morgan fingerprint density at radius 3 is 2.52 bits per heavy atom. The second-order valence-corrected chi connectivity index (χ2v) is 8.57. The Morgan fingerprint density at radius 1 is 1.03 bits per heavy atom. The molecule has 1 N–H and O–H groups in total. The summed E-state index contributed by atoms with van der Waals surface area (Å²) >= 11 is 0. The number of benzene rings is 2. The van der Waals surface area contributed by atoms with Gasteiger partial charge in [-0.3, -0.25) is 4.79 Å². The van der Waals surface area contributed by atoms with Crippen molar-refractivity contribution in [2.75, 3.05) is 42.6 Å². The predicted octanol–water partition coefficient (Wildman–Crippen LogP) is 3.16. The van der Waals surface area contributed by atoms with Gasteiger partial charge in [-0.25, -0.2) is 0 Å². The van der Waals surface area contributed by atoms with E-state index in [1.807, 2.05) is 6.07 Å². The standard InChI is InChI=1S/C24H27N3O2/c1-23(2)20-5-3-4-6-21(20)27-17-22(28)25-24(23,27)12-11-18-7-9-19(10-8-18)26-13-15-29-16-14-26/h3-12H,13-17H2,1-2H3,(H,25,28)/t24-/m0/s1. The topological polar surface area (TPSA) is 44.8 Å². The number of hydrogen-bond donors (Lipinski definition) is 1. The van der Waals surface area contributed by atoms with E-state index in [0.717, 1.165) is 37.6 Å². The number of carbonyl (C=O) groups excluding carboxylic acids is 1. The molecule has 0 saturated carbocycles. The van der Waals surface area contributed by atoms with Gasteiger partial charge in [0.25, 0.3) is 0 Å². The van der Waals surface area contributed by atoms with Crippen molar-refractivity contribution >= 4 is 23.4 Å². The van der Waals surface area contributed by atoms with Crippen LogP contribution in [0, 0.1) is 0 Å². The van der Waals surface area contributed by atoms with Crippen LogP contribution in [0.25, 0.3) is 6.08 Å². The van der Waals surface area contributed by atoms with Crippen molar-refractivity contribution in [2.24, 2.45) is 0 Å². The second-order valence-electron chi connectivity index (χ2n) is 8.57. The number of para-hydroxylation sites is 1. The van der Waals surface area contributed by atoms with Crippen LogP contribution in [-0.2, 0) is 14.9 Å². The van der Waals surface area contributed by atoms with Crippen LogP contribution in [0.2, 0.25) is 0 Å². The summed E-state index contributed by atoms with van der Waals surface area (Å²) in [5, 5.41) is 3.28. The van der Waals surface area contributed by atoms with Gasteiger partial charge >= 0.3 is 0 Å². The number of nitrogens with zero attached hydrogens (tertiary/aromatic N) is 2. The normalized spacial score (nSPS) is 25.2. The van der Waals surface area contributed by atoms with Crippen LogP contribution in [0.15, 0.2) is 54.6 Å². The van der Waals surface area contributed by atoms with E-state index >= 15 is 0 Å². The van der Waals surface area contributed by atoms with Gasteiger partial charge in [-0.05, 0) is 35.4 Å². The minimum atomic E-state index is -0.545. The molecule has 0 bridgehead atoms. The Kier molecular flexibility index (Phi) is 4.17. The minimum Gasteiger partial charge on any atom is -0.378 e. The van der Waals surface area contributed by atoms with Gasteiger partial charge in [0.1, 0.15) is 5.66 Å². The Balaban J connectivity index is 1.45. The summed E-state index contributed by atoms with van der Waals surface area (Å²) in [4.78, 5) is 17.0. The van der Waals surface area contributed by atoms with Crippen molar-refractivity contribution < 1.29 is 9.53 Å². The van der Waals surface area contributed by atoms with Crippen molar-refractivity contribution in [3.63, 3.8) is 0 Å². The summed E-state index contributed by atoms with van der Waals surface area (Å²) < 4.78 is 5.44. The highest BCUT2D eigenvalue weighted by molar-refractivity contribution is 5.91. The first-order valence-electron chi connectivity index (χ1n) is 10.3. The quantitative estimate of drug-likeness (QED) is 0.876. The third-order valence-corrected chi connectivity index (χ3v) is 6.66. The van der Waals surface area contributed by atoms with E-state index in [1.165, 1.54) is 11.3 Å². The number of anilines is 2. The van der Waals surface area contributed by atoms with Gasteiger partial charge in [0.2, 0.25) is 5.91 Å². The zero-order valence-corrected chi connectivity index (χ0v) is 17.0. The molecule has 2 fully saturated rings. The molecule has 5 heteroatoms. The highest BCUT2D eigenvalue weighted by atomic mass is 16.5. The van der Waals surface area contributed by atoms with E-state index < -0.39 is 5.66 Å². The first-order valence-corrected chi connectivity index (χ1v) is 10.3. The molecule has 5 rings (SSSR count). The average molecular weight is 389 g/mol. The van der Waals surface area contributed by atoms with Crippen LogP contribution < -0.4 is 15.1 Å². The molecule has 5 nitrogen and oxygen atoms in total. The highest BCUT2D eigenvalue weighted by Gasteiger charge is 2.59. The number of carbonyl (C=O) groups is 1. The van der Waals surface area contributed by atoms with Crippen molar-refractivity contribution in [1.82, 2.24) is 5.32 Å². The first-order chi connectivity index (χ1) is 14.0. The van der Waals surface area contributed by atoms with Crippen molar-refractivity contribution in [3.8, 4) is 0 Å². The highest BCUT2D eigenvalue weighted by Crippen LogP contribution is 2.52. The third kappa shape index (κ3) is 2.76. The number of rotatable bonds is 3. The first kappa shape index (κ1) is 18.3. The fourth-order valence-corrected chi connectivity index (χ4v) is 4.97. The summed E-state index contributed by atoms with van der Waals surface area (Å²) in [6.07, 6.45) is 4.30. The lowest BCUT2D eigenvalue weighted by molar-refractivity contribution is -0.118. The summed E-state index contributed by atoms with van der Waals surface area (Å²) in [7, 11) is 0. The van der Waals surface area contributed by atoms with E-state index in [-0.39, 0.29) is 11.3 Å². The predicted molar refractivity (Wildman–Crippen MR) is 116 cm³/mol. The van der Waals surface area contributed by atoms with E-state index in [2.05, 4.69) is 83.6 Å². The lowest BCUT2D eigenvalue weighted by Gasteiger charge is -2.40. The van der Waals surface area contributed by atoms with Crippen LogP contribution in [0.3, 0.4) is 0 Å². The van der Waals surface area contributed by atoms with Gasteiger partial charge in [0.05, 0.1) is 19.8 Å². The number of ether oxygens (including phenoxy) is 1. The average Bonchev–Trinajstić information content (AvgIpc) is 3.18. The van der Waals surface area contributed by atoms with E-state index in [9.17, 15) is 4.79 Å². The van der Waals surface area contributed by atoms with E-state index in [1.54, 1.807) is 0 Å².